The highest BCUT2D eigenvalue weighted by atomic mass is 79.9. The van der Waals surface area contributed by atoms with E-state index in [2.05, 4.69) is 20.9 Å². The first-order chi connectivity index (χ1) is 10.6. The van der Waals surface area contributed by atoms with Crippen LogP contribution in [-0.2, 0) is 0 Å². The van der Waals surface area contributed by atoms with Gasteiger partial charge in [-0.25, -0.2) is 0 Å². The van der Waals surface area contributed by atoms with Crippen molar-refractivity contribution in [1.29, 1.82) is 0 Å². The molecule has 0 radical (unpaired) electrons. The van der Waals surface area contributed by atoms with Crippen molar-refractivity contribution < 1.29 is 8.63 Å². The van der Waals surface area contributed by atoms with E-state index in [9.17, 15) is 8.63 Å². The third-order valence-electron chi connectivity index (χ3n) is 3.39. The minimum absolute atomic E-state index is 0.0369. The van der Waals surface area contributed by atoms with Gasteiger partial charge in [0.25, 0.3) is 0 Å². The Hall–Kier alpha value is -2.01. The zero-order valence-electron chi connectivity index (χ0n) is 11.5. The normalized spacial score (nSPS) is 11.7. The van der Waals surface area contributed by atoms with Gasteiger partial charge in [0, 0.05) is 21.5 Å². The summed E-state index contributed by atoms with van der Waals surface area (Å²) < 4.78 is 27.7. The Bertz CT molecular complexity index is 843. The Morgan fingerprint density at radius 2 is 1.86 bits per heavy atom. The molecule has 0 unspecified atom stereocenters. The van der Waals surface area contributed by atoms with Crippen molar-refractivity contribution in [2.45, 2.75) is 0 Å². The summed E-state index contributed by atoms with van der Waals surface area (Å²) in [5, 5.41) is 1.84. The number of hydrogen-bond donors (Lipinski definition) is 0. The fraction of sp³-hybridized carbons (Fsp3) is 0. The summed E-state index contributed by atoms with van der Waals surface area (Å²) >= 11 is 3.32. The van der Waals surface area contributed by atoms with Gasteiger partial charge in [0.05, 0.1) is 5.69 Å². The Labute approximate surface area is 136 Å². The molecule has 3 rings (SSSR count). The summed E-state index contributed by atoms with van der Waals surface area (Å²) in [4.78, 5) is 4.26. The average Bonchev–Trinajstić information content (AvgIpc) is 2.52. The molecule has 1 aromatic heterocycles. The molecule has 0 aliphatic rings. The lowest BCUT2D eigenvalue weighted by Crippen LogP contribution is -2.02. The van der Waals surface area contributed by atoms with Crippen LogP contribution in [0.3, 0.4) is 0 Å². The predicted molar refractivity (Wildman–Crippen MR) is 91.7 cm³/mol. The molecule has 1 heterocycles. The van der Waals surface area contributed by atoms with Crippen molar-refractivity contribution in [3.8, 4) is 0 Å². The largest absolute Gasteiger partial charge is 0.572 e. The third kappa shape index (κ3) is 3.09. The molecule has 0 saturated carbocycles. The van der Waals surface area contributed by atoms with Gasteiger partial charge in [0.1, 0.15) is 0 Å². The monoisotopic (exact) mass is 357 g/mol. The van der Waals surface area contributed by atoms with Gasteiger partial charge >= 0.3 is 7.27 Å². The molecular formula is C17H11BBrF2N. The minimum atomic E-state index is -2.57. The molecule has 22 heavy (non-hydrogen) atoms. The molecule has 3 aromatic rings. The van der Waals surface area contributed by atoms with Crippen LogP contribution < -0.4 is 0 Å². The van der Waals surface area contributed by atoms with Crippen molar-refractivity contribution in [3.05, 3.63) is 76.5 Å². The summed E-state index contributed by atoms with van der Waals surface area (Å²) in [5.74, 6) is 0. The molecule has 0 aliphatic heterocycles. The molecule has 0 fully saturated rings. The van der Waals surface area contributed by atoms with E-state index in [1.165, 1.54) is 6.08 Å². The lowest BCUT2D eigenvalue weighted by atomic mass is 9.79. The quantitative estimate of drug-likeness (QED) is 0.563. The standard InChI is InChI=1S/C17H11BBrF2N/c19-14-6-3-5-13(10-14)16(18(20)21)11-17-15-7-2-1-4-12(15)8-9-22-17/h1-11H/b16-11+. The molecule has 0 N–H and O–H groups in total. The van der Waals surface area contributed by atoms with E-state index in [0.29, 0.717) is 11.3 Å². The molecule has 1 nitrogen and oxygen atoms in total. The SMILES string of the molecule is FB(F)/C(=C/c1nccc2ccccc12)c1cccc(Br)c1. The zero-order valence-corrected chi connectivity index (χ0v) is 13.1. The van der Waals surface area contributed by atoms with Crippen LogP contribution in [0.15, 0.2) is 65.3 Å². The molecule has 0 amide bonds. The van der Waals surface area contributed by atoms with Crippen LogP contribution in [0.1, 0.15) is 11.3 Å². The lowest BCUT2D eigenvalue weighted by molar-refractivity contribution is 0.687. The second-order valence-corrected chi connectivity index (χ2v) is 5.74. The van der Waals surface area contributed by atoms with Crippen molar-refractivity contribution in [2.24, 2.45) is 0 Å². The maximum absolute atomic E-state index is 13.5. The Morgan fingerprint density at radius 1 is 1.05 bits per heavy atom. The number of rotatable bonds is 3. The Morgan fingerprint density at radius 3 is 2.64 bits per heavy atom. The van der Waals surface area contributed by atoms with Crippen LogP contribution in [0, 0.1) is 0 Å². The average molecular weight is 358 g/mol. The second kappa shape index (κ2) is 6.40. The highest BCUT2D eigenvalue weighted by Gasteiger charge is 2.22. The molecule has 108 valence electrons. The minimum Gasteiger partial charge on any atom is -0.281 e. The molecule has 0 saturated heterocycles. The summed E-state index contributed by atoms with van der Waals surface area (Å²) in [6, 6.07) is 16.4. The van der Waals surface area contributed by atoms with Crippen LogP contribution in [0.2, 0.25) is 0 Å². The Kier molecular flexibility index (Phi) is 4.34. The zero-order chi connectivity index (χ0) is 15.5. The molecule has 2 aromatic carbocycles. The second-order valence-electron chi connectivity index (χ2n) is 4.83. The van der Waals surface area contributed by atoms with Crippen LogP contribution >= 0.6 is 15.9 Å². The van der Waals surface area contributed by atoms with Gasteiger partial charge in [0.15, 0.2) is 0 Å². The van der Waals surface area contributed by atoms with E-state index in [1.807, 2.05) is 36.4 Å². The van der Waals surface area contributed by atoms with Crippen molar-refractivity contribution >= 4 is 45.5 Å². The van der Waals surface area contributed by atoms with Gasteiger partial charge in [-0.15, -0.1) is 0 Å². The number of pyridine rings is 1. The van der Waals surface area contributed by atoms with Crippen molar-refractivity contribution in [3.63, 3.8) is 0 Å². The first-order valence-corrected chi connectivity index (χ1v) is 7.54. The predicted octanol–water partition coefficient (Wildman–Crippen LogP) is 5.50. The van der Waals surface area contributed by atoms with E-state index in [1.54, 1.807) is 24.4 Å². The molecule has 5 heteroatoms. The van der Waals surface area contributed by atoms with Crippen molar-refractivity contribution in [1.82, 2.24) is 4.98 Å². The van der Waals surface area contributed by atoms with Gasteiger partial charge in [-0.3, -0.25) is 13.6 Å². The van der Waals surface area contributed by atoms with Gasteiger partial charge in [-0.05, 0) is 35.2 Å². The fourth-order valence-corrected chi connectivity index (χ4v) is 2.74. The van der Waals surface area contributed by atoms with E-state index in [4.69, 9.17) is 0 Å². The number of hydrogen-bond acceptors (Lipinski definition) is 1. The maximum Gasteiger partial charge on any atom is 0.572 e. The van der Waals surface area contributed by atoms with Gasteiger partial charge in [0.2, 0.25) is 0 Å². The number of benzene rings is 2. The first-order valence-electron chi connectivity index (χ1n) is 6.74. The van der Waals surface area contributed by atoms with Crippen LogP contribution in [0.5, 0.6) is 0 Å². The third-order valence-corrected chi connectivity index (χ3v) is 3.88. The molecular weight excluding hydrogens is 347 g/mol. The lowest BCUT2D eigenvalue weighted by Gasteiger charge is -2.07. The van der Waals surface area contributed by atoms with Crippen LogP contribution in [0.4, 0.5) is 8.63 Å². The smallest absolute Gasteiger partial charge is 0.281 e. The molecule has 0 bridgehead atoms. The highest BCUT2D eigenvalue weighted by molar-refractivity contribution is 9.10. The molecule has 0 spiro atoms. The van der Waals surface area contributed by atoms with E-state index in [-0.39, 0.29) is 5.47 Å². The van der Waals surface area contributed by atoms with Gasteiger partial charge < -0.3 is 0 Å². The van der Waals surface area contributed by atoms with E-state index < -0.39 is 7.27 Å². The first kappa shape index (κ1) is 14.9. The topological polar surface area (TPSA) is 12.9 Å². The number of halogens is 3. The van der Waals surface area contributed by atoms with Crippen LogP contribution in [-0.4, -0.2) is 12.3 Å². The van der Waals surface area contributed by atoms with E-state index in [0.717, 1.165) is 15.2 Å². The number of aromatic nitrogens is 1. The fourth-order valence-electron chi connectivity index (χ4n) is 2.35. The molecule has 0 aliphatic carbocycles. The Balaban J connectivity index is 2.17. The van der Waals surface area contributed by atoms with E-state index >= 15 is 0 Å². The van der Waals surface area contributed by atoms with Gasteiger partial charge in [-0.1, -0.05) is 52.3 Å². The van der Waals surface area contributed by atoms with Gasteiger partial charge in [-0.2, -0.15) is 0 Å². The summed E-state index contributed by atoms with van der Waals surface area (Å²) in [5.41, 5.74) is 0.998. The summed E-state index contributed by atoms with van der Waals surface area (Å²) in [6.45, 7) is 0. The molecule has 0 atom stereocenters. The maximum atomic E-state index is 13.5. The highest BCUT2D eigenvalue weighted by Crippen LogP contribution is 2.27. The summed E-state index contributed by atoms with van der Waals surface area (Å²) in [6.07, 6.45) is 3.10. The van der Waals surface area contributed by atoms with Crippen LogP contribution in [0.25, 0.3) is 22.3 Å². The number of nitrogens with zero attached hydrogens (tertiary/aromatic N) is 1. The summed E-state index contributed by atoms with van der Waals surface area (Å²) in [7, 11) is -2.57. The van der Waals surface area contributed by atoms with Crippen molar-refractivity contribution in [2.75, 3.05) is 0 Å². The number of fused-ring (bicyclic) bond motifs is 1.